The van der Waals surface area contributed by atoms with E-state index in [9.17, 15) is 9.59 Å². The maximum atomic E-state index is 12.8. The third kappa shape index (κ3) is 3.87. The molecule has 1 saturated heterocycles. The number of methoxy groups -OCH3 is 1. The van der Waals surface area contributed by atoms with Crippen molar-refractivity contribution in [2.75, 3.05) is 41.9 Å². The Morgan fingerprint density at radius 2 is 2.07 bits per heavy atom. The summed E-state index contributed by atoms with van der Waals surface area (Å²) >= 11 is 3.00. The average molecular weight is 445 g/mol. The number of anilines is 3. The topological polar surface area (TPSA) is 74.8 Å². The summed E-state index contributed by atoms with van der Waals surface area (Å²) in [6.07, 6.45) is 1.40. The number of thiophene rings is 1. The lowest BCUT2D eigenvalue weighted by atomic mass is 10.2. The van der Waals surface area contributed by atoms with Gasteiger partial charge in [-0.05, 0) is 38.5 Å². The standard InChI is InChI=1S/C21H24N4O3S2/c1-4-24(5-2)21-23-20-17(30-21)12-16(29-20)19(27)22-13-8-9-14(15(11-13)28-3)25-10-6-7-18(25)26/h8-9,11-12H,4-7,10H2,1-3H3,(H,22,27). The van der Waals surface area contributed by atoms with Gasteiger partial charge in [0.1, 0.15) is 10.6 Å². The van der Waals surface area contributed by atoms with Gasteiger partial charge in [0.15, 0.2) is 5.13 Å². The summed E-state index contributed by atoms with van der Waals surface area (Å²) in [5, 5.41) is 3.92. The number of hydrogen-bond acceptors (Lipinski definition) is 7. The molecule has 2 aromatic heterocycles. The molecule has 1 N–H and O–H groups in total. The second kappa shape index (κ2) is 8.61. The number of benzene rings is 1. The van der Waals surface area contributed by atoms with Crippen LogP contribution in [0, 0.1) is 0 Å². The normalized spacial score (nSPS) is 13.8. The van der Waals surface area contributed by atoms with E-state index in [1.165, 1.54) is 11.3 Å². The zero-order valence-corrected chi connectivity index (χ0v) is 18.9. The minimum Gasteiger partial charge on any atom is -0.494 e. The first kappa shape index (κ1) is 20.6. The monoisotopic (exact) mass is 444 g/mol. The molecular weight excluding hydrogens is 420 g/mol. The molecule has 158 valence electrons. The van der Waals surface area contributed by atoms with Crippen LogP contribution in [-0.2, 0) is 4.79 Å². The molecule has 1 aliphatic heterocycles. The molecule has 9 heteroatoms. The Balaban J connectivity index is 1.52. The molecule has 0 spiro atoms. The van der Waals surface area contributed by atoms with Gasteiger partial charge in [-0.3, -0.25) is 9.59 Å². The van der Waals surface area contributed by atoms with Crippen molar-refractivity contribution in [1.29, 1.82) is 0 Å². The van der Waals surface area contributed by atoms with Crippen LogP contribution in [-0.4, -0.2) is 43.5 Å². The summed E-state index contributed by atoms with van der Waals surface area (Å²) in [6, 6.07) is 7.27. The summed E-state index contributed by atoms with van der Waals surface area (Å²) < 4.78 is 6.49. The highest BCUT2D eigenvalue weighted by atomic mass is 32.1. The Bertz CT molecular complexity index is 1060. The first-order valence-electron chi connectivity index (χ1n) is 9.99. The van der Waals surface area contributed by atoms with Gasteiger partial charge in [0.25, 0.3) is 5.91 Å². The van der Waals surface area contributed by atoms with Crippen LogP contribution in [0.15, 0.2) is 24.3 Å². The van der Waals surface area contributed by atoms with Crippen molar-refractivity contribution < 1.29 is 14.3 Å². The van der Waals surface area contributed by atoms with Gasteiger partial charge in [-0.15, -0.1) is 11.3 Å². The Morgan fingerprint density at radius 3 is 2.70 bits per heavy atom. The van der Waals surface area contributed by atoms with Crippen LogP contribution in [0.3, 0.4) is 0 Å². The van der Waals surface area contributed by atoms with E-state index in [0.717, 1.165) is 39.9 Å². The van der Waals surface area contributed by atoms with E-state index in [1.54, 1.807) is 35.5 Å². The van der Waals surface area contributed by atoms with E-state index in [1.807, 2.05) is 12.1 Å². The molecule has 0 bridgehead atoms. The quantitative estimate of drug-likeness (QED) is 0.577. The second-order valence-corrected chi connectivity index (χ2v) is 8.98. The van der Waals surface area contributed by atoms with Crippen LogP contribution in [0.5, 0.6) is 5.75 Å². The van der Waals surface area contributed by atoms with Gasteiger partial charge in [0.05, 0.1) is 22.4 Å². The van der Waals surface area contributed by atoms with E-state index in [0.29, 0.717) is 29.3 Å². The number of fused-ring (bicyclic) bond motifs is 1. The first-order valence-corrected chi connectivity index (χ1v) is 11.6. The van der Waals surface area contributed by atoms with Crippen LogP contribution in [0.2, 0.25) is 0 Å². The van der Waals surface area contributed by atoms with Gasteiger partial charge < -0.3 is 19.9 Å². The number of thiazole rings is 1. The molecule has 1 fully saturated rings. The van der Waals surface area contributed by atoms with Crippen molar-refractivity contribution >= 4 is 60.5 Å². The summed E-state index contributed by atoms with van der Waals surface area (Å²) in [5.74, 6) is 0.489. The SMILES string of the molecule is CCN(CC)c1nc2sc(C(=O)Nc3ccc(N4CCCC4=O)c(OC)c3)cc2s1. The molecule has 0 aliphatic carbocycles. The van der Waals surface area contributed by atoms with Crippen LogP contribution in [0.1, 0.15) is 36.4 Å². The van der Waals surface area contributed by atoms with Gasteiger partial charge in [0, 0.05) is 37.8 Å². The van der Waals surface area contributed by atoms with E-state index >= 15 is 0 Å². The molecule has 3 aromatic rings. The molecule has 4 rings (SSSR count). The number of hydrogen-bond donors (Lipinski definition) is 1. The molecule has 0 atom stereocenters. The predicted octanol–water partition coefficient (Wildman–Crippen LogP) is 4.59. The summed E-state index contributed by atoms with van der Waals surface area (Å²) in [5.41, 5.74) is 1.36. The van der Waals surface area contributed by atoms with Gasteiger partial charge in [-0.2, -0.15) is 0 Å². The van der Waals surface area contributed by atoms with Crippen molar-refractivity contribution in [3.05, 3.63) is 29.1 Å². The highest BCUT2D eigenvalue weighted by Gasteiger charge is 2.25. The number of carbonyl (C=O) groups is 2. The molecule has 7 nitrogen and oxygen atoms in total. The van der Waals surface area contributed by atoms with Crippen LogP contribution in [0.4, 0.5) is 16.5 Å². The van der Waals surface area contributed by atoms with Crippen molar-refractivity contribution in [1.82, 2.24) is 4.98 Å². The molecule has 1 aromatic carbocycles. The molecule has 30 heavy (non-hydrogen) atoms. The molecule has 0 unspecified atom stereocenters. The Hall–Kier alpha value is -2.65. The zero-order valence-electron chi connectivity index (χ0n) is 17.2. The Labute approximate surface area is 183 Å². The third-order valence-corrected chi connectivity index (χ3v) is 7.36. The smallest absolute Gasteiger partial charge is 0.265 e. The average Bonchev–Trinajstić information content (AvgIpc) is 3.44. The van der Waals surface area contributed by atoms with Crippen LogP contribution < -0.4 is 19.9 Å². The number of nitrogens with zero attached hydrogens (tertiary/aromatic N) is 3. The molecule has 3 heterocycles. The Morgan fingerprint density at radius 1 is 1.27 bits per heavy atom. The van der Waals surface area contributed by atoms with Crippen molar-refractivity contribution in [3.8, 4) is 5.75 Å². The molecule has 2 amide bonds. The van der Waals surface area contributed by atoms with Crippen LogP contribution >= 0.6 is 22.7 Å². The third-order valence-electron chi connectivity index (χ3n) is 5.14. The molecule has 0 radical (unpaired) electrons. The highest BCUT2D eigenvalue weighted by molar-refractivity contribution is 7.29. The number of ether oxygens (including phenoxy) is 1. The lowest BCUT2D eigenvalue weighted by Crippen LogP contribution is -2.24. The van der Waals surface area contributed by atoms with Gasteiger partial charge in [-0.25, -0.2) is 4.98 Å². The van der Waals surface area contributed by atoms with Gasteiger partial charge in [-0.1, -0.05) is 11.3 Å². The van der Waals surface area contributed by atoms with E-state index in [2.05, 4.69) is 29.0 Å². The summed E-state index contributed by atoms with van der Waals surface area (Å²) in [6.45, 7) is 6.72. The maximum absolute atomic E-state index is 12.8. The first-order chi connectivity index (χ1) is 14.5. The fraction of sp³-hybridized carbons (Fsp3) is 0.381. The number of amides is 2. The van der Waals surface area contributed by atoms with Crippen molar-refractivity contribution in [3.63, 3.8) is 0 Å². The number of rotatable bonds is 7. The number of nitrogens with one attached hydrogen (secondary N) is 1. The van der Waals surface area contributed by atoms with Gasteiger partial charge in [0.2, 0.25) is 5.91 Å². The van der Waals surface area contributed by atoms with E-state index < -0.39 is 0 Å². The molecule has 0 saturated carbocycles. The minimum atomic E-state index is -0.179. The fourth-order valence-electron chi connectivity index (χ4n) is 3.54. The largest absolute Gasteiger partial charge is 0.494 e. The van der Waals surface area contributed by atoms with Crippen molar-refractivity contribution in [2.24, 2.45) is 0 Å². The summed E-state index contributed by atoms with van der Waals surface area (Å²) in [4.78, 5) is 34.9. The predicted molar refractivity (Wildman–Crippen MR) is 124 cm³/mol. The lowest BCUT2D eigenvalue weighted by molar-refractivity contribution is -0.117. The fourth-order valence-corrected chi connectivity index (χ4v) is 5.77. The molecular formula is C21H24N4O3S2. The highest BCUT2D eigenvalue weighted by Crippen LogP contribution is 2.36. The number of aromatic nitrogens is 1. The Kier molecular flexibility index (Phi) is 5.92. The summed E-state index contributed by atoms with van der Waals surface area (Å²) in [7, 11) is 1.57. The van der Waals surface area contributed by atoms with Gasteiger partial charge >= 0.3 is 0 Å². The van der Waals surface area contributed by atoms with Crippen LogP contribution in [0.25, 0.3) is 9.53 Å². The second-order valence-electron chi connectivity index (χ2n) is 6.94. The minimum absolute atomic E-state index is 0.0975. The van der Waals surface area contributed by atoms with E-state index in [4.69, 9.17) is 4.74 Å². The van der Waals surface area contributed by atoms with E-state index in [-0.39, 0.29) is 11.8 Å². The molecule has 1 aliphatic rings. The zero-order chi connectivity index (χ0) is 21.3. The lowest BCUT2D eigenvalue weighted by Gasteiger charge is -2.19. The maximum Gasteiger partial charge on any atom is 0.265 e. The number of carbonyl (C=O) groups excluding carboxylic acids is 2. The van der Waals surface area contributed by atoms with Crippen molar-refractivity contribution in [2.45, 2.75) is 26.7 Å².